The molecule has 3 aromatic rings. The summed E-state index contributed by atoms with van der Waals surface area (Å²) in [6.07, 6.45) is 1.92. The van der Waals surface area contributed by atoms with Crippen molar-refractivity contribution in [1.29, 1.82) is 0 Å². The van der Waals surface area contributed by atoms with Crippen molar-refractivity contribution in [1.82, 2.24) is 14.9 Å². The number of nitrogens with zero attached hydrogens (tertiary/aromatic N) is 2. The van der Waals surface area contributed by atoms with Gasteiger partial charge in [-0.1, -0.05) is 30.3 Å². The summed E-state index contributed by atoms with van der Waals surface area (Å²) in [5, 5.41) is 22.7. The van der Waals surface area contributed by atoms with Crippen LogP contribution in [0.1, 0.15) is 41.1 Å². The maximum Gasteiger partial charge on any atom is 0.307 e. The predicted molar refractivity (Wildman–Crippen MR) is 117 cm³/mol. The SMILES string of the molecule is Cc1ccc(C)n1-c1ccc([C@H](O)CNC(C)Cc2ccc(CC(=O)O)cc2)cn1. The Labute approximate surface area is 177 Å². The van der Waals surface area contributed by atoms with Gasteiger partial charge in [0, 0.05) is 35.7 Å². The van der Waals surface area contributed by atoms with Gasteiger partial charge in [-0.25, -0.2) is 4.98 Å². The summed E-state index contributed by atoms with van der Waals surface area (Å²) in [5.74, 6) is 0.0199. The third kappa shape index (κ3) is 5.55. The maximum absolute atomic E-state index is 10.8. The number of aromatic nitrogens is 2. The van der Waals surface area contributed by atoms with Gasteiger partial charge in [0.25, 0.3) is 0 Å². The fraction of sp³-hybridized carbons (Fsp3) is 0.333. The second-order valence-corrected chi connectivity index (χ2v) is 7.82. The molecule has 6 heteroatoms. The van der Waals surface area contributed by atoms with E-state index in [1.54, 1.807) is 6.20 Å². The molecule has 2 aromatic heterocycles. The van der Waals surface area contributed by atoms with E-state index in [1.165, 1.54) is 0 Å². The standard InChI is InChI=1S/C24H29N3O3/c1-16(12-19-6-8-20(9-7-19)13-24(29)30)25-15-22(28)21-10-11-23(26-14-21)27-17(2)4-5-18(27)3/h4-11,14,16,22,25,28H,12-13,15H2,1-3H3,(H,29,30)/t16?,22-/m1/s1. The number of aliphatic hydroxyl groups is 1. The highest BCUT2D eigenvalue weighted by molar-refractivity contribution is 5.70. The van der Waals surface area contributed by atoms with Gasteiger partial charge in [-0.3, -0.25) is 4.79 Å². The summed E-state index contributed by atoms with van der Waals surface area (Å²) in [6.45, 7) is 6.59. The molecule has 0 bridgehead atoms. The number of hydrogen-bond donors (Lipinski definition) is 3. The lowest BCUT2D eigenvalue weighted by Crippen LogP contribution is -2.32. The second-order valence-electron chi connectivity index (χ2n) is 7.82. The summed E-state index contributed by atoms with van der Waals surface area (Å²) >= 11 is 0. The third-order valence-electron chi connectivity index (χ3n) is 5.24. The largest absolute Gasteiger partial charge is 0.481 e. The van der Waals surface area contributed by atoms with Crippen LogP contribution >= 0.6 is 0 Å². The van der Waals surface area contributed by atoms with Crippen molar-refractivity contribution in [2.75, 3.05) is 6.54 Å². The molecule has 6 nitrogen and oxygen atoms in total. The van der Waals surface area contributed by atoms with Crippen LogP contribution in [0, 0.1) is 13.8 Å². The highest BCUT2D eigenvalue weighted by Crippen LogP contribution is 2.17. The van der Waals surface area contributed by atoms with E-state index in [0.29, 0.717) is 6.54 Å². The highest BCUT2D eigenvalue weighted by Gasteiger charge is 2.12. The molecule has 0 aliphatic heterocycles. The first-order chi connectivity index (χ1) is 14.3. The van der Waals surface area contributed by atoms with Crippen molar-refractivity contribution < 1.29 is 15.0 Å². The summed E-state index contributed by atoms with van der Waals surface area (Å²) in [7, 11) is 0. The third-order valence-corrected chi connectivity index (χ3v) is 5.24. The number of aliphatic carboxylic acids is 1. The van der Waals surface area contributed by atoms with Crippen LogP contribution in [0.25, 0.3) is 5.82 Å². The zero-order valence-electron chi connectivity index (χ0n) is 17.7. The molecule has 1 aromatic carbocycles. The van der Waals surface area contributed by atoms with Crippen molar-refractivity contribution in [2.45, 2.75) is 45.8 Å². The molecular formula is C24H29N3O3. The van der Waals surface area contributed by atoms with Gasteiger partial charge in [-0.2, -0.15) is 0 Å². The number of hydrogen-bond acceptors (Lipinski definition) is 4. The molecule has 3 N–H and O–H groups in total. The number of pyridine rings is 1. The molecule has 2 atom stereocenters. The van der Waals surface area contributed by atoms with Gasteiger partial charge in [0.2, 0.25) is 0 Å². The number of nitrogens with one attached hydrogen (secondary N) is 1. The fourth-order valence-corrected chi connectivity index (χ4v) is 3.58. The molecular weight excluding hydrogens is 378 g/mol. The molecule has 158 valence electrons. The number of carboxylic acids is 1. The van der Waals surface area contributed by atoms with Crippen LogP contribution in [-0.4, -0.2) is 38.3 Å². The number of carbonyl (C=O) groups is 1. The van der Waals surface area contributed by atoms with Crippen molar-refractivity contribution in [2.24, 2.45) is 0 Å². The predicted octanol–water partition coefficient (Wildman–Crippen LogP) is 3.37. The molecule has 0 saturated heterocycles. The van der Waals surface area contributed by atoms with E-state index in [1.807, 2.05) is 50.2 Å². The first kappa shape index (κ1) is 21.7. The van der Waals surface area contributed by atoms with Gasteiger partial charge in [-0.15, -0.1) is 0 Å². The Kier molecular flexibility index (Phi) is 7.03. The lowest BCUT2D eigenvalue weighted by Gasteiger charge is -2.18. The molecule has 0 saturated carbocycles. The van der Waals surface area contributed by atoms with Gasteiger partial charge in [-0.05, 0) is 56.5 Å². The average Bonchev–Trinajstić information content (AvgIpc) is 3.05. The van der Waals surface area contributed by atoms with Crippen LogP contribution in [0.5, 0.6) is 0 Å². The molecule has 0 aliphatic carbocycles. The van der Waals surface area contributed by atoms with E-state index >= 15 is 0 Å². The Hall–Kier alpha value is -2.96. The van der Waals surface area contributed by atoms with Gasteiger partial charge in [0.05, 0.1) is 12.5 Å². The van der Waals surface area contributed by atoms with Crippen molar-refractivity contribution in [3.8, 4) is 5.82 Å². The zero-order valence-corrected chi connectivity index (χ0v) is 17.7. The second kappa shape index (κ2) is 9.69. The number of benzene rings is 1. The lowest BCUT2D eigenvalue weighted by atomic mass is 10.0. The highest BCUT2D eigenvalue weighted by atomic mass is 16.4. The zero-order chi connectivity index (χ0) is 21.7. The molecule has 0 radical (unpaired) electrons. The quantitative estimate of drug-likeness (QED) is 0.506. The van der Waals surface area contributed by atoms with E-state index in [-0.39, 0.29) is 12.5 Å². The van der Waals surface area contributed by atoms with Crippen molar-refractivity contribution in [3.05, 3.63) is 82.8 Å². The van der Waals surface area contributed by atoms with E-state index in [2.05, 4.69) is 33.9 Å². The van der Waals surface area contributed by atoms with Crippen molar-refractivity contribution >= 4 is 5.97 Å². The number of rotatable bonds is 9. The van der Waals surface area contributed by atoms with Gasteiger partial charge < -0.3 is 20.1 Å². The number of carboxylic acid groups (broad SMARTS) is 1. The summed E-state index contributed by atoms with van der Waals surface area (Å²) in [6, 6.07) is 15.8. The molecule has 0 spiro atoms. The Morgan fingerprint density at radius 2 is 1.67 bits per heavy atom. The van der Waals surface area contributed by atoms with Crippen LogP contribution in [0.4, 0.5) is 0 Å². The smallest absolute Gasteiger partial charge is 0.307 e. The Morgan fingerprint density at radius 3 is 2.23 bits per heavy atom. The minimum Gasteiger partial charge on any atom is -0.481 e. The maximum atomic E-state index is 10.8. The molecule has 0 aliphatic rings. The first-order valence-corrected chi connectivity index (χ1v) is 10.2. The topological polar surface area (TPSA) is 87.4 Å². The Balaban J connectivity index is 1.52. The van der Waals surface area contributed by atoms with Crippen LogP contribution in [0.15, 0.2) is 54.7 Å². The summed E-state index contributed by atoms with van der Waals surface area (Å²) < 4.78 is 2.08. The summed E-state index contributed by atoms with van der Waals surface area (Å²) in [5.41, 5.74) is 4.95. The molecule has 2 heterocycles. The van der Waals surface area contributed by atoms with E-state index < -0.39 is 12.1 Å². The van der Waals surface area contributed by atoms with Gasteiger partial charge in [0.1, 0.15) is 5.82 Å². The molecule has 3 rings (SSSR count). The Bertz CT molecular complexity index is 958. The minimum absolute atomic E-state index is 0.0383. The Morgan fingerprint density at radius 1 is 1.03 bits per heavy atom. The molecule has 30 heavy (non-hydrogen) atoms. The average molecular weight is 408 g/mol. The first-order valence-electron chi connectivity index (χ1n) is 10.2. The minimum atomic E-state index is -0.826. The van der Waals surface area contributed by atoms with Crippen molar-refractivity contribution in [3.63, 3.8) is 0 Å². The van der Waals surface area contributed by atoms with E-state index in [4.69, 9.17) is 5.11 Å². The van der Waals surface area contributed by atoms with Crippen LogP contribution in [-0.2, 0) is 17.6 Å². The van der Waals surface area contributed by atoms with Gasteiger partial charge in [0.15, 0.2) is 0 Å². The molecule has 1 unspecified atom stereocenters. The fourth-order valence-electron chi connectivity index (χ4n) is 3.58. The van der Waals surface area contributed by atoms with Crippen LogP contribution < -0.4 is 5.32 Å². The van der Waals surface area contributed by atoms with Crippen LogP contribution in [0.3, 0.4) is 0 Å². The number of aryl methyl sites for hydroxylation is 2. The van der Waals surface area contributed by atoms with E-state index in [9.17, 15) is 9.90 Å². The van der Waals surface area contributed by atoms with Gasteiger partial charge >= 0.3 is 5.97 Å². The summed E-state index contributed by atoms with van der Waals surface area (Å²) in [4.78, 5) is 15.3. The van der Waals surface area contributed by atoms with E-state index in [0.717, 1.165) is 40.3 Å². The monoisotopic (exact) mass is 407 g/mol. The van der Waals surface area contributed by atoms with Crippen LogP contribution in [0.2, 0.25) is 0 Å². The normalized spacial score (nSPS) is 13.2. The number of aliphatic hydroxyl groups excluding tert-OH is 1. The molecule has 0 amide bonds. The lowest BCUT2D eigenvalue weighted by molar-refractivity contribution is -0.136. The molecule has 0 fully saturated rings.